The molecule has 2 aliphatic rings. The Morgan fingerprint density at radius 2 is 1.74 bits per heavy atom. The molecule has 2 fully saturated rings. The number of nitrogens with zero attached hydrogens (tertiary/aromatic N) is 3. The number of pyridine rings is 1. The molecular formula is C28H40N4O6. The molecule has 2 bridgehead atoms. The standard InChI is InChI=1S/C28H40N4O6/c1-18(2)32-24-9-7-6-8-19(24)14-23(27(32)34)26(33)29-20-15-21-10-11-22(16-20)31(21)13-12-30(28(35)38-5)17-25(36-3)37-4/h6-9,14,18,20-22,25H,10-13,15-17H2,1-5H3,(H,29,33)/t20?,21-,22+. The molecule has 208 valence electrons. The molecule has 0 spiro atoms. The summed E-state index contributed by atoms with van der Waals surface area (Å²) < 4.78 is 17.2. The summed E-state index contributed by atoms with van der Waals surface area (Å²) in [5.74, 6) is -0.310. The zero-order valence-corrected chi connectivity index (χ0v) is 23.0. The van der Waals surface area contributed by atoms with Gasteiger partial charge in [0.1, 0.15) is 5.56 Å². The van der Waals surface area contributed by atoms with E-state index in [1.807, 2.05) is 38.1 Å². The van der Waals surface area contributed by atoms with Crippen molar-refractivity contribution in [1.29, 1.82) is 0 Å². The lowest BCUT2D eigenvalue weighted by Crippen LogP contribution is -2.53. The highest BCUT2D eigenvalue weighted by atomic mass is 16.7. The molecule has 10 heteroatoms. The van der Waals surface area contributed by atoms with Crippen LogP contribution in [0.1, 0.15) is 55.9 Å². The maximum Gasteiger partial charge on any atom is 0.409 e. The molecule has 0 radical (unpaired) electrons. The number of benzene rings is 1. The van der Waals surface area contributed by atoms with Gasteiger partial charge >= 0.3 is 6.09 Å². The fourth-order valence-corrected chi connectivity index (χ4v) is 6.03. The van der Waals surface area contributed by atoms with Gasteiger partial charge in [-0.15, -0.1) is 0 Å². The SMILES string of the molecule is COC(=O)N(CCN1[C@@H]2CC[C@H]1CC(NC(=O)c1cc3ccccc3n(C(C)C)c1=O)C2)CC(OC)OC. The van der Waals surface area contributed by atoms with Crippen LogP contribution in [0.3, 0.4) is 0 Å². The van der Waals surface area contributed by atoms with E-state index in [4.69, 9.17) is 14.2 Å². The number of aromatic nitrogens is 1. The Morgan fingerprint density at radius 1 is 1.08 bits per heavy atom. The van der Waals surface area contributed by atoms with Crippen LogP contribution in [0.2, 0.25) is 0 Å². The number of nitrogens with one attached hydrogen (secondary N) is 1. The smallest absolute Gasteiger partial charge is 0.409 e. The van der Waals surface area contributed by atoms with Gasteiger partial charge in [0.05, 0.1) is 19.2 Å². The van der Waals surface area contributed by atoms with Gasteiger partial charge in [-0.1, -0.05) is 18.2 Å². The van der Waals surface area contributed by atoms with Crippen molar-refractivity contribution in [3.05, 3.63) is 46.2 Å². The number of carbonyl (C=O) groups excluding carboxylic acids is 2. The predicted molar refractivity (Wildman–Crippen MR) is 144 cm³/mol. The first-order valence-electron chi connectivity index (χ1n) is 13.4. The van der Waals surface area contributed by atoms with Crippen LogP contribution in [0.25, 0.3) is 10.9 Å². The second-order valence-electron chi connectivity index (χ2n) is 10.5. The highest BCUT2D eigenvalue weighted by molar-refractivity contribution is 5.97. The lowest BCUT2D eigenvalue weighted by molar-refractivity contribution is -0.114. The lowest BCUT2D eigenvalue weighted by atomic mass is 9.96. The van der Waals surface area contributed by atoms with Crippen molar-refractivity contribution in [3.63, 3.8) is 0 Å². The number of amides is 2. The summed E-state index contributed by atoms with van der Waals surface area (Å²) >= 11 is 0. The third-order valence-electron chi connectivity index (χ3n) is 7.88. The largest absolute Gasteiger partial charge is 0.453 e. The monoisotopic (exact) mass is 528 g/mol. The number of carbonyl (C=O) groups is 2. The lowest BCUT2D eigenvalue weighted by Gasteiger charge is -2.40. The van der Waals surface area contributed by atoms with Gasteiger partial charge in [0, 0.05) is 51.5 Å². The van der Waals surface area contributed by atoms with Gasteiger partial charge in [0.15, 0.2) is 6.29 Å². The van der Waals surface area contributed by atoms with E-state index in [1.165, 1.54) is 7.11 Å². The summed E-state index contributed by atoms with van der Waals surface area (Å²) in [4.78, 5) is 43.0. The number of ether oxygens (including phenoxy) is 3. The molecule has 2 aliphatic heterocycles. The molecule has 3 heterocycles. The van der Waals surface area contributed by atoms with Crippen LogP contribution in [0, 0.1) is 0 Å². The van der Waals surface area contributed by atoms with E-state index in [9.17, 15) is 14.4 Å². The van der Waals surface area contributed by atoms with E-state index in [2.05, 4.69) is 10.2 Å². The molecule has 0 saturated carbocycles. The third kappa shape index (κ3) is 5.87. The number of hydrogen-bond acceptors (Lipinski definition) is 7. The van der Waals surface area contributed by atoms with Crippen molar-refractivity contribution in [1.82, 2.24) is 19.7 Å². The Bertz CT molecular complexity index is 1180. The molecule has 3 atom stereocenters. The highest BCUT2D eigenvalue weighted by Gasteiger charge is 2.41. The zero-order valence-electron chi connectivity index (χ0n) is 23.0. The Morgan fingerprint density at radius 3 is 2.34 bits per heavy atom. The van der Waals surface area contributed by atoms with Gasteiger partial charge in [0.25, 0.3) is 11.5 Å². The van der Waals surface area contributed by atoms with E-state index in [-0.39, 0.29) is 35.7 Å². The maximum absolute atomic E-state index is 13.3. The average Bonchev–Trinajstić information content (AvgIpc) is 3.15. The van der Waals surface area contributed by atoms with Crippen LogP contribution < -0.4 is 10.9 Å². The van der Waals surface area contributed by atoms with Crippen LogP contribution in [0.4, 0.5) is 4.79 Å². The van der Waals surface area contributed by atoms with Crippen LogP contribution in [0.15, 0.2) is 35.1 Å². The minimum absolute atomic E-state index is 0.00214. The topological polar surface area (TPSA) is 102 Å². The van der Waals surface area contributed by atoms with Gasteiger partial charge in [-0.2, -0.15) is 0 Å². The van der Waals surface area contributed by atoms with Crippen LogP contribution in [0.5, 0.6) is 0 Å². The molecule has 0 aliphatic carbocycles. The fourth-order valence-electron chi connectivity index (χ4n) is 6.03. The Balaban J connectivity index is 1.42. The number of rotatable bonds is 10. The normalized spacial score (nSPS) is 21.3. The van der Waals surface area contributed by atoms with Gasteiger partial charge in [-0.3, -0.25) is 14.5 Å². The zero-order chi connectivity index (χ0) is 27.4. The van der Waals surface area contributed by atoms with Crippen molar-refractivity contribution in [2.45, 2.75) is 70.0 Å². The second kappa shape index (κ2) is 12.3. The minimum atomic E-state index is -0.526. The van der Waals surface area contributed by atoms with Crippen molar-refractivity contribution >= 4 is 22.9 Å². The average molecular weight is 529 g/mol. The number of para-hydroxylation sites is 1. The first kappa shape index (κ1) is 28.1. The molecule has 1 aromatic heterocycles. The van der Waals surface area contributed by atoms with Gasteiger partial charge < -0.3 is 29.0 Å². The number of piperidine rings is 1. The van der Waals surface area contributed by atoms with E-state index in [1.54, 1.807) is 29.8 Å². The van der Waals surface area contributed by atoms with Crippen LogP contribution >= 0.6 is 0 Å². The third-order valence-corrected chi connectivity index (χ3v) is 7.88. The molecule has 2 aromatic rings. The van der Waals surface area contributed by atoms with Crippen LogP contribution in [-0.4, -0.2) is 91.7 Å². The van der Waals surface area contributed by atoms with E-state index < -0.39 is 12.4 Å². The molecule has 1 N–H and O–H groups in total. The molecule has 1 aromatic carbocycles. The first-order valence-corrected chi connectivity index (χ1v) is 13.4. The van der Waals surface area contributed by atoms with Crippen molar-refractivity contribution in [3.8, 4) is 0 Å². The summed E-state index contributed by atoms with van der Waals surface area (Å²) in [5.41, 5.74) is 0.760. The van der Waals surface area contributed by atoms with Crippen LogP contribution in [-0.2, 0) is 14.2 Å². The predicted octanol–water partition coefficient (Wildman–Crippen LogP) is 2.99. The Hall–Kier alpha value is -2.95. The Kier molecular flexibility index (Phi) is 9.07. The Labute approximate surface area is 223 Å². The van der Waals surface area contributed by atoms with Gasteiger partial charge in [-0.25, -0.2) is 4.79 Å². The summed E-state index contributed by atoms with van der Waals surface area (Å²) in [6.07, 6.45) is 2.77. The molecule has 2 amide bonds. The molecule has 4 rings (SSSR count). The van der Waals surface area contributed by atoms with Gasteiger partial charge in [0.2, 0.25) is 0 Å². The number of methoxy groups -OCH3 is 3. The van der Waals surface area contributed by atoms with E-state index >= 15 is 0 Å². The first-order chi connectivity index (χ1) is 18.3. The van der Waals surface area contributed by atoms with Crippen molar-refractivity contribution in [2.75, 3.05) is 41.0 Å². The molecule has 2 saturated heterocycles. The fraction of sp³-hybridized carbons (Fsp3) is 0.607. The minimum Gasteiger partial charge on any atom is -0.453 e. The molecule has 10 nitrogen and oxygen atoms in total. The highest BCUT2D eigenvalue weighted by Crippen LogP contribution is 2.35. The summed E-state index contributed by atoms with van der Waals surface area (Å²) in [7, 11) is 4.45. The van der Waals surface area contributed by atoms with Crippen molar-refractivity contribution in [2.24, 2.45) is 0 Å². The summed E-state index contributed by atoms with van der Waals surface area (Å²) in [5, 5.41) is 4.04. The molecular weight excluding hydrogens is 488 g/mol. The number of fused-ring (bicyclic) bond motifs is 3. The molecule has 38 heavy (non-hydrogen) atoms. The quantitative estimate of drug-likeness (QED) is 0.473. The van der Waals surface area contributed by atoms with E-state index in [0.29, 0.717) is 25.2 Å². The maximum atomic E-state index is 13.3. The summed E-state index contributed by atoms with van der Waals surface area (Å²) in [6, 6.07) is 9.93. The molecule has 1 unspecified atom stereocenters. The summed E-state index contributed by atoms with van der Waals surface area (Å²) in [6.45, 7) is 5.38. The van der Waals surface area contributed by atoms with E-state index in [0.717, 1.165) is 36.6 Å². The van der Waals surface area contributed by atoms with Crippen molar-refractivity contribution < 1.29 is 23.8 Å². The second-order valence-corrected chi connectivity index (χ2v) is 10.5. The van der Waals surface area contributed by atoms with Gasteiger partial charge in [-0.05, 0) is 57.0 Å². The number of hydrogen-bond donors (Lipinski definition) is 1.